The third-order valence-electron chi connectivity index (χ3n) is 13.1. The summed E-state index contributed by atoms with van der Waals surface area (Å²) >= 11 is 0. The van der Waals surface area contributed by atoms with Crippen LogP contribution in [0, 0.1) is 0 Å². The van der Waals surface area contributed by atoms with Gasteiger partial charge in [-0.15, -0.1) is 0 Å². The Morgan fingerprint density at radius 3 is 0.895 bits per heavy atom. The molecule has 0 aliphatic carbocycles. The molecule has 0 N–H and O–H groups in total. The Labute approximate surface area is 336 Å². The van der Waals surface area contributed by atoms with Crippen LogP contribution in [-0.2, 0) is 19.3 Å². The second kappa shape index (κ2) is 15.2. The first-order valence-corrected chi connectivity index (χ1v) is 22.4. The number of hydrogen-bond donors (Lipinski definition) is 0. The number of fused-ring (bicyclic) bond motifs is 21. The Morgan fingerprint density at radius 1 is 0.333 bits per heavy atom. The lowest BCUT2D eigenvalue weighted by Gasteiger charge is -2.21. The number of aryl methyl sites for hydroxylation is 3. The smallest absolute Gasteiger partial charge is 0.0655 e. The average Bonchev–Trinajstić information content (AvgIpc) is 4.00. The number of hydrogen-bond acceptors (Lipinski definition) is 0. The van der Waals surface area contributed by atoms with Gasteiger partial charge in [0.05, 0.1) is 33.1 Å². The summed E-state index contributed by atoms with van der Waals surface area (Å²) in [5.74, 6) is 0. The van der Waals surface area contributed by atoms with Crippen LogP contribution in [0.15, 0.2) is 110 Å². The molecule has 57 heavy (non-hydrogen) atoms. The maximum absolute atomic E-state index is 2.61. The van der Waals surface area contributed by atoms with Gasteiger partial charge in [0.2, 0.25) is 0 Å². The molecule has 10 aromatic rings. The first-order chi connectivity index (χ1) is 28.2. The van der Waals surface area contributed by atoms with Gasteiger partial charge < -0.3 is 13.2 Å². The summed E-state index contributed by atoms with van der Waals surface area (Å²) in [7, 11) is 0. The summed E-state index contributed by atoms with van der Waals surface area (Å²) in [6, 6.07) is 35.3. The third-order valence-corrected chi connectivity index (χ3v) is 13.1. The molecule has 0 amide bonds. The largest absolute Gasteiger partial charge is 0.315 e. The van der Waals surface area contributed by atoms with Crippen molar-refractivity contribution in [1.82, 2.24) is 13.2 Å². The summed E-state index contributed by atoms with van der Waals surface area (Å²) in [4.78, 5) is 0. The first kappa shape index (κ1) is 36.1. The lowest BCUT2D eigenvalue weighted by atomic mass is 9.92. The van der Waals surface area contributed by atoms with E-state index in [-0.39, 0.29) is 0 Å². The zero-order chi connectivity index (χ0) is 38.5. The van der Waals surface area contributed by atoms with Gasteiger partial charge in [0.25, 0.3) is 0 Å². The van der Waals surface area contributed by atoms with Crippen LogP contribution in [0.25, 0.3) is 81.6 Å². The van der Waals surface area contributed by atoms with Crippen LogP contribution in [0.3, 0.4) is 0 Å². The molecule has 0 spiro atoms. The number of pyridine rings is 3. The highest BCUT2D eigenvalue weighted by Crippen LogP contribution is 2.47. The summed E-state index contributed by atoms with van der Waals surface area (Å²) in [5, 5.41) is 12.1. The molecule has 0 bridgehead atoms. The SMILES string of the molecule is CCCCCCc1cc2c3ccccc3c3c(c4c5ccccc5c5cc(CCCCCC)cn5c4c4c5ccccc5c5cc(CCCCCC)cn5c34)n2c1. The number of aromatic nitrogens is 3. The van der Waals surface area contributed by atoms with Crippen molar-refractivity contribution in [2.24, 2.45) is 0 Å². The van der Waals surface area contributed by atoms with Crippen LogP contribution in [-0.4, -0.2) is 13.2 Å². The van der Waals surface area contributed by atoms with Crippen molar-refractivity contribution in [2.75, 3.05) is 0 Å². The predicted molar refractivity (Wildman–Crippen MR) is 248 cm³/mol. The van der Waals surface area contributed by atoms with Crippen molar-refractivity contribution in [2.45, 2.75) is 117 Å². The van der Waals surface area contributed by atoms with E-state index in [9.17, 15) is 0 Å². The quantitative estimate of drug-likeness (QED) is 0.0732. The molecule has 10 rings (SSSR count). The molecule has 4 aromatic carbocycles. The van der Waals surface area contributed by atoms with Crippen LogP contribution in [0.4, 0.5) is 0 Å². The summed E-state index contributed by atoms with van der Waals surface area (Å²) in [5.41, 5.74) is 12.3. The van der Waals surface area contributed by atoms with Crippen LogP contribution in [0.5, 0.6) is 0 Å². The molecular formula is C54H57N3. The molecule has 0 atom stereocenters. The molecular weight excluding hydrogens is 691 g/mol. The van der Waals surface area contributed by atoms with Crippen LogP contribution in [0.1, 0.15) is 115 Å². The summed E-state index contributed by atoms with van der Waals surface area (Å²) in [6.45, 7) is 6.92. The number of unbranched alkanes of at least 4 members (excludes halogenated alkanes) is 9. The van der Waals surface area contributed by atoms with E-state index in [1.165, 1.54) is 175 Å². The van der Waals surface area contributed by atoms with Crippen LogP contribution < -0.4 is 0 Å². The Kier molecular flexibility index (Phi) is 9.65. The average molecular weight is 748 g/mol. The molecule has 0 aliphatic rings. The molecule has 3 heteroatoms. The number of benzene rings is 4. The van der Waals surface area contributed by atoms with E-state index in [2.05, 4.69) is 144 Å². The zero-order valence-electron chi connectivity index (χ0n) is 34.3. The Balaban J connectivity index is 1.43. The fourth-order valence-corrected chi connectivity index (χ4v) is 10.4. The van der Waals surface area contributed by atoms with E-state index in [1.807, 2.05) is 0 Å². The molecule has 6 heterocycles. The molecule has 0 aliphatic heterocycles. The van der Waals surface area contributed by atoms with E-state index in [1.54, 1.807) is 0 Å². The highest BCUT2D eigenvalue weighted by atomic mass is 14.9. The van der Waals surface area contributed by atoms with E-state index in [4.69, 9.17) is 0 Å². The highest BCUT2D eigenvalue weighted by Gasteiger charge is 2.25. The molecule has 0 fully saturated rings. The Morgan fingerprint density at radius 2 is 0.614 bits per heavy atom. The van der Waals surface area contributed by atoms with Gasteiger partial charge >= 0.3 is 0 Å². The summed E-state index contributed by atoms with van der Waals surface area (Å²) in [6.07, 6.45) is 26.1. The molecule has 0 radical (unpaired) electrons. The second-order valence-corrected chi connectivity index (χ2v) is 17.1. The van der Waals surface area contributed by atoms with Crippen molar-refractivity contribution in [3.63, 3.8) is 0 Å². The van der Waals surface area contributed by atoms with Gasteiger partial charge in [0, 0.05) is 50.9 Å². The first-order valence-electron chi connectivity index (χ1n) is 22.4. The monoisotopic (exact) mass is 747 g/mol. The minimum atomic E-state index is 1.11. The fraction of sp³-hybridized carbons (Fsp3) is 0.333. The normalized spacial score (nSPS) is 12.5. The lowest BCUT2D eigenvalue weighted by molar-refractivity contribution is 0.667. The van der Waals surface area contributed by atoms with Crippen LogP contribution >= 0.6 is 0 Å². The third kappa shape index (κ3) is 5.99. The Hall–Kier alpha value is -5.28. The molecule has 0 saturated heterocycles. The lowest BCUT2D eigenvalue weighted by Crippen LogP contribution is -2.01. The zero-order valence-corrected chi connectivity index (χ0v) is 34.3. The van der Waals surface area contributed by atoms with Crippen molar-refractivity contribution < 1.29 is 0 Å². The van der Waals surface area contributed by atoms with Crippen molar-refractivity contribution in [3.05, 3.63) is 126 Å². The Bertz CT molecular complexity index is 2730. The number of nitrogens with zero attached hydrogens (tertiary/aromatic N) is 3. The van der Waals surface area contributed by atoms with Gasteiger partial charge in [-0.25, -0.2) is 0 Å². The van der Waals surface area contributed by atoms with E-state index in [0.717, 1.165) is 19.3 Å². The standard InChI is InChI=1S/C54H57N3/c1-4-7-10-13-22-37-31-46-40-25-16-19-28-43(40)49-52(55(46)34-37)50-44-29-20-17-26-41(44)47-32-38(23-14-11-8-5-2)36-57(47)54(50)51-45-30-21-18-27-42(45)48-33-39(24-15-12-9-6-3)35-56(48)53(49)51/h16-21,25-36H,4-15,22-24H2,1-3H3. The van der Waals surface area contributed by atoms with Crippen molar-refractivity contribution in [1.29, 1.82) is 0 Å². The van der Waals surface area contributed by atoms with Gasteiger partial charge in [-0.3, -0.25) is 0 Å². The van der Waals surface area contributed by atoms with Gasteiger partial charge in [-0.2, -0.15) is 0 Å². The molecule has 0 saturated carbocycles. The fourth-order valence-electron chi connectivity index (χ4n) is 10.4. The maximum atomic E-state index is 2.61. The van der Waals surface area contributed by atoms with Gasteiger partial charge in [0.1, 0.15) is 0 Å². The maximum Gasteiger partial charge on any atom is 0.0655 e. The molecule has 288 valence electrons. The van der Waals surface area contributed by atoms with Gasteiger partial charge in [-0.05, 0) is 89.6 Å². The van der Waals surface area contributed by atoms with Crippen LogP contribution in [0.2, 0.25) is 0 Å². The highest BCUT2D eigenvalue weighted by molar-refractivity contribution is 6.39. The van der Waals surface area contributed by atoms with Crippen molar-refractivity contribution >= 4 is 81.6 Å². The molecule has 0 unspecified atom stereocenters. The molecule has 6 aromatic heterocycles. The minimum absolute atomic E-state index is 1.11. The topological polar surface area (TPSA) is 13.2 Å². The predicted octanol–water partition coefficient (Wildman–Crippen LogP) is 15.7. The van der Waals surface area contributed by atoms with E-state index >= 15 is 0 Å². The minimum Gasteiger partial charge on any atom is -0.315 e. The summed E-state index contributed by atoms with van der Waals surface area (Å²) < 4.78 is 7.83. The van der Waals surface area contributed by atoms with Crippen molar-refractivity contribution in [3.8, 4) is 0 Å². The second-order valence-electron chi connectivity index (χ2n) is 17.1. The van der Waals surface area contributed by atoms with E-state index < -0.39 is 0 Å². The van der Waals surface area contributed by atoms with Gasteiger partial charge in [-0.1, -0.05) is 151 Å². The van der Waals surface area contributed by atoms with Gasteiger partial charge in [0.15, 0.2) is 0 Å². The molecule has 3 nitrogen and oxygen atoms in total. The number of rotatable bonds is 15. The van der Waals surface area contributed by atoms with E-state index in [0.29, 0.717) is 0 Å².